The van der Waals surface area contributed by atoms with Crippen LogP contribution < -0.4 is 10.6 Å². The molecule has 0 aromatic heterocycles. The molecule has 0 radical (unpaired) electrons. The summed E-state index contributed by atoms with van der Waals surface area (Å²) in [4.78, 5) is 24.2. The number of rotatable bonds is 8. The maximum atomic E-state index is 12.6. The topological polar surface area (TPSA) is 78.4 Å². The molecule has 1 atom stereocenters. The van der Waals surface area contributed by atoms with Gasteiger partial charge in [-0.3, -0.25) is 9.59 Å². The first-order valence-electron chi connectivity index (χ1n) is 8.88. The van der Waals surface area contributed by atoms with E-state index in [0.29, 0.717) is 6.42 Å². The zero-order chi connectivity index (χ0) is 18.6. The Labute approximate surface area is 153 Å². The van der Waals surface area contributed by atoms with Crippen LogP contribution in [0.5, 0.6) is 0 Å². The number of anilines is 1. The van der Waals surface area contributed by atoms with E-state index in [4.69, 9.17) is 0 Å². The van der Waals surface area contributed by atoms with Gasteiger partial charge >= 0.3 is 5.97 Å². The number of amides is 1. The highest BCUT2D eigenvalue weighted by Gasteiger charge is 2.50. The summed E-state index contributed by atoms with van der Waals surface area (Å²) in [5.74, 6) is -1.67. The fourth-order valence-corrected chi connectivity index (χ4v) is 3.09. The molecule has 1 amide bonds. The van der Waals surface area contributed by atoms with Crippen molar-refractivity contribution < 1.29 is 14.7 Å². The Bertz CT molecular complexity index is 785. The third-order valence-electron chi connectivity index (χ3n) is 4.76. The highest BCUT2D eigenvalue weighted by atomic mass is 16.4. The van der Waals surface area contributed by atoms with Gasteiger partial charge in [-0.25, -0.2) is 0 Å². The van der Waals surface area contributed by atoms with Gasteiger partial charge in [-0.2, -0.15) is 0 Å². The molecular weight excluding hydrogens is 328 g/mol. The molecule has 0 heterocycles. The molecule has 1 fully saturated rings. The number of hydrogen-bond donors (Lipinski definition) is 3. The van der Waals surface area contributed by atoms with Crippen LogP contribution in [0.3, 0.4) is 0 Å². The molecular formula is C21H24N2O3. The second-order valence-electron chi connectivity index (χ2n) is 7.01. The third-order valence-corrected chi connectivity index (χ3v) is 4.76. The van der Waals surface area contributed by atoms with Crippen molar-refractivity contribution in [1.29, 1.82) is 0 Å². The van der Waals surface area contributed by atoms with Crippen molar-refractivity contribution in [3.8, 4) is 0 Å². The lowest BCUT2D eigenvalue weighted by Crippen LogP contribution is -2.44. The molecule has 1 aliphatic carbocycles. The van der Waals surface area contributed by atoms with Crippen LogP contribution in [0.25, 0.3) is 0 Å². The fourth-order valence-electron chi connectivity index (χ4n) is 3.09. The number of benzene rings is 2. The minimum atomic E-state index is -0.896. The first kappa shape index (κ1) is 18.0. The van der Waals surface area contributed by atoms with Crippen LogP contribution in [-0.4, -0.2) is 29.1 Å². The number of aliphatic carboxylic acids is 1. The van der Waals surface area contributed by atoms with E-state index in [0.717, 1.165) is 29.7 Å². The summed E-state index contributed by atoms with van der Waals surface area (Å²) >= 11 is 0. The van der Waals surface area contributed by atoms with Gasteiger partial charge in [0.05, 0.1) is 5.92 Å². The molecule has 3 N–H and O–H groups in total. The molecule has 2 aromatic rings. The van der Waals surface area contributed by atoms with Gasteiger partial charge in [-0.1, -0.05) is 48.0 Å². The minimum absolute atomic E-state index is 0.125. The molecule has 0 aliphatic heterocycles. The van der Waals surface area contributed by atoms with E-state index in [1.54, 1.807) is 0 Å². The van der Waals surface area contributed by atoms with Gasteiger partial charge in [0.2, 0.25) is 5.91 Å². The molecule has 5 nitrogen and oxygen atoms in total. The third kappa shape index (κ3) is 4.42. The zero-order valence-electron chi connectivity index (χ0n) is 14.9. The number of carbonyl (C=O) groups is 2. The minimum Gasteiger partial charge on any atom is -0.481 e. The molecule has 0 saturated heterocycles. The van der Waals surface area contributed by atoms with E-state index >= 15 is 0 Å². The van der Waals surface area contributed by atoms with Crippen molar-refractivity contribution in [3.05, 3.63) is 65.7 Å². The SMILES string of the molecule is Cc1cccc(CC(CNC(=O)C2(Nc3ccccc3)CC2)C(=O)O)c1. The number of aryl methyl sites for hydroxylation is 1. The Morgan fingerprint density at radius 1 is 1.12 bits per heavy atom. The second kappa shape index (κ2) is 7.60. The number of hydrogen-bond acceptors (Lipinski definition) is 3. The Morgan fingerprint density at radius 3 is 2.46 bits per heavy atom. The Hall–Kier alpha value is -2.82. The maximum absolute atomic E-state index is 12.6. The first-order valence-corrected chi connectivity index (χ1v) is 8.88. The summed E-state index contributed by atoms with van der Waals surface area (Å²) in [6.07, 6.45) is 1.91. The Morgan fingerprint density at radius 2 is 1.85 bits per heavy atom. The van der Waals surface area contributed by atoms with Gasteiger partial charge in [-0.05, 0) is 43.9 Å². The van der Waals surface area contributed by atoms with Crippen LogP contribution in [0.1, 0.15) is 24.0 Å². The predicted octanol–water partition coefficient (Wildman–Crippen LogP) is 3.00. The standard InChI is InChI=1S/C21H24N2O3/c1-15-6-5-7-16(12-15)13-17(19(24)25)14-22-20(26)21(10-11-21)23-18-8-3-2-4-9-18/h2-9,12,17,23H,10-11,13-14H2,1H3,(H,22,26)(H,24,25). The number of nitrogens with one attached hydrogen (secondary N) is 2. The largest absolute Gasteiger partial charge is 0.481 e. The number of para-hydroxylation sites is 1. The summed E-state index contributed by atoms with van der Waals surface area (Å²) in [6, 6.07) is 17.4. The summed E-state index contributed by atoms with van der Waals surface area (Å²) in [6.45, 7) is 2.10. The monoisotopic (exact) mass is 352 g/mol. The first-order chi connectivity index (χ1) is 12.5. The van der Waals surface area contributed by atoms with E-state index in [9.17, 15) is 14.7 Å². The van der Waals surface area contributed by atoms with E-state index in [-0.39, 0.29) is 12.5 Å². The van der Waals surface area contributed by atoms with Crippen LogP contribution in [0, 0.1) is 12.8 Å². The molecule has 2 aromatic carbocycles. The van der Waals surface area contributed by atoms with Crippen LogP contribution in [-0.2, 0) is 16.0 Å². The van der Waals surface area contributed by atoms with E-state index in [1.807, 2.05) is 61.5 Å². The molecule has 0 bridgehead atoms. The molecule has 1 aliphatic rings. The molecule has 5 heteroatoms. The predicted molar refractivity (Wildman–Crippen MR) is 101 cm³/mol. The fraction of sp³-hybridized carbons (Fsp3) is 0.333. The molecule has 136 valence electrons. The molecule has 26 heavy (non-hydrogen) atoms. The molecule has 0 spiro atoms. The van der Waals surface area contributed by atoms with Gasteiger partial charge in [0.25, 0.3) is 0 Å². The molecule has 1 unspecified atom stereocenters. The molecule has 3 rings (SSSR count). The van der Waals surface area contributed by atoms with Crippen LogP contribution in [0.2, 0.25) is 0 Å². The Kier molecular flexibility index (Phi) is 5.26. The average Bonchev–Trinajstić information content (AvgIpc) is 3.40. The smallest absolute Gasteiger partial charge is 0.308 e. The lowest BCUT2D eigenvalue weighted by atomic mass is 9.98. The number of carbonyl (C=O) groups excluding carboxylic acids is 1. The van der Waals surface area contributed by atoms with Crippen LogP contribution >= 0.6 is 0 Å². The summed E-state index contributed by atoms with van der Waals surface area (Å²) in [7, 11) is 0. The summed E-state index contributed by atoms with van der Waals surface area (Å²) < 4.78 is 0. The van der Waals surface area contributed by atoms with Gasteiger partial charge in [-0.15, -0.1) is 0 Å². The van der Waals surface area contributed by atoms with E-state index in [1.165, 1.54) is 0 Å². The van der Waals surface area contributed by atoms with Gasteiger partial charge in [0, 0.05) is 12.2 Å². The quantitative estimate of drug-likeness (QED) is 0.682. The van der Waals surface area contributed by atoms with Crippen molar-refractivity contribution in [2.24, 2.45) is 5.92 Å². The van der Waals surface area contributed by atoms with Crippen molar-refractivity contribution in [2.75, 3.05) is 11.9 Å². The summed E-state index contributed by atoms with van der Waals surface area (Å²) in [5.41, 5.74) is 2.36. The van der Waals surface area contributed by atoms with Crippen molar-refractivity contribution in [2.45, 2.75) is 31.7 Å². The zero-order valence-corrected chi connectivity index (χ0v) is 14.9. The second-order valence-corrected chi connectivity index (χ2v) is 7.01. The lowest BCUT2D eigenvalue weighted by Gasteiger charge is -2.20. The van der Waals surface area contributed by atoms with Gasteiger partial charge in [0.1, 0.15) is 5.54 Å². The number of carboxylic acids is 1. The molecule has 1 saturated carbocycles. The van der Waals surface area contributed by atoms with Crippen molar-refractivity contribution >= 4 is 17.6 Å². The average molecular weight is 352 g/mol. The van der Waals surface area contributed by atoms with Gasteiger partial charge < -0.3 is 15.7 Å². The van der Waals surface area contributed by atoms with Crippen molar-refractivity contribution in [3.63, 3.8) is 0 Å². The normalized spacial score (nSPS) is 15.7. The van der Waals surface area contributed by atoms with E-state index in [2.05, 4.69) is 10.6 Å². The van der Waals surface area contributed by atoms with Crippen molar-refractivity contribution in [1.82, 2.24) is 5.32 Å². The number of carboxylic acid groups (broad SMARTS) is 1. The highest BCUT2D eigenvalue weighted by Crippen LogP contribution is 2.39. The lowest BCUT2D eigenvalue weighted by molar-refractivity contribution is -0.141. The highest BCUT2D eigenvalue weighted by molar-refractivity contribution is 5.92. The van der Waals surface area contributed by atoms with Crippen LogP contribution in [0.15, 0.2) is 54.6 Å². The van der Waals surface area contributed by atoms with Crippen LogP contribution in [0.4, 0.5) is 5.69 Å². The maximum Gasteiger partial charge on any atom is 0.308 e. The van der Waals surface area contributed by atoms with E-state index < -0.39 is 17.4 Å². The Balaban J connectivity index is 1.58. The summed E-state index contributed by atoms with van der Waals surface area (Å²) in [5, 5.41) is 15.6. The van der Waals surface area contributed by atoms with Gasteiger partial charge in [0.15, 0.2) is 0 Å².